The average Bonchev–Trinajstić information content (AvgIpc) is 1.87. The van der Waals surface area contributed by atoms with Crippen LogP contribution in [-0.2, 0) is 14.3 Å². The van der Waals surface area contributed by atoms with Gasteiger partial charge in [0.1, 0.15) is 0 Å². The summed E-state index contributed by atoms with van der Waals surface area (Å²) < 4.78 is 8.48. The van der Waals surface area contributed by atoms with Gasteiger partial charge in [0.2, 0.25) is 6.10 Å². The number of hydrogen-bond donors (Lipinski definition) is 0. The molecule has 0 N–H and O–H groups in total. The van der Waals surface area contributed by atoms with Gasteiger partial charge in [-0.05, 0) is 6.92 Å². The van der Waals surface area contributed by atoms with Crippen LogP contribution < -0.4 is 0 Å². The highest BCUT2D eigenvalue weighted by molar-refractivity contribution is 5.74. The number of ether oxygens (including phenoxy) is 2. The molecule has 0 aliphatic heterocycles. The fraction of sp³-hybridized carbons (Fsp3) is 0.600. The van der Waals surface area contributed by atoms with Gasteiger partial charge in [0.15, 0.2) is 0 Å². The quantitative estimate of drug-likeness (QED) is 0.390. The Hall–Kier alpha value is -1.24. The highest BCUT2D eigenvalue weighted by atomic mass is 16.6. The van der Waals surface area contributed by atoms with Crippen LogP contribution in [0.2, 0.25) is 0 Å². The van der Waals surface area contributed by atoms with Crippen LogP contribution in [0.25, 0.3) is 0 Å². The van der Waals surface area contributed by atoms with Crippen LogP contribution in [0.1, 0.15) is 6.92 Å². The molecule has 0 rings (SSSR count). The van der Waals surface area contributed by atoms with E-state index in [1.54, 1.807) is 0 Å². The number of esters is 1. The van der Waals surface area contributed by atoms with E-state index in [4.69, 9.17) is 5.26 Å². The third-order valence-electron chi connectivity index (χ3n) is 0.763. The van der Waals surface area contributed by atoms with Gasteiger partial charge in [-0.3, -0.25) is 0 Å². The van der Waals surface area contributed by atoms with E-state index in [1.807, 2.05) is 0 Å². The van der Waals surface area contributed by atoms with Crippen LogP contribution in [0, 0.1) is 11.5 Å². The largest absolute Gasteiger partial charge is 0.466 e. The van der Waals surface area contributed by atoms with Gasteiger partial charge in [-0.15, -0.1) is 0 Å². The standard InChI is InChI=1S/C5H7NO3/c1-4(9-3-6)5(7)8-2/h4H,1-2H3. The Morgan fingerprint density at radius 3 is 2.67 bits per heavy atom. The summed E-state index contributed by atoms with van der Waals surface area (Å²) in [5, 5.41) is 7.90. The predicted molar refractivity (Wildman–Crippen MR) is 28.2 cm³/mol. The lowest BCUT2D eigenvalue weighted by atomic mass is 10.4. The molecule has 0 aliphatic carbocycles. The topological polar surface area (TPSA) is 59.3 Å². The van der Waals surface area contributed by atoms with E-state index in [0.717, 1.165) is 0 Å². The first-order valence-corrected chi connectivity index (χ1v) is 2.35. The summed E-state index contributed by atoms with van der Waals surface area (Å²) >= 11 is 0. The highest BCUT2D eigenvalue weighted by Gasteiger charge is 2.12. The molecule has 9 heavy (non-hydrogen) atoms. The summed E-state index contributed by atoms with van der Waals surface area (Å²) in [6.07, 6.45) is 0.590. The minimum atomic E-state index is -0.792. The smallest absolute Gasteiger partial charge is 0.347 e. The van der Waals surface area contributed by atoms with Crippen molar-refractivity contribution in [1.29, 1.82) is 5.26 Å². The third kappa shape index (κ3) is 2.54. The number of nitriles is 1. The zero-order valence-electron chi connectivity index (χ0n) is 5.25. The van der Waals surface area contributed by atoms with Crippen LogP contribution in [0.5, 0.6) is 0 Å². The van der Waals surface area contributed by atoms with Gasteiger partial charge in [0, 0.05) is 0 Å². The van der Waals surface area contributed by atoms with Crippen LogP contribution in [-0.4, -0.2) is 19.2 Å². The van der Waals surface area contributed by atoms with Crippen LogP contribution in [0.3, 0.4) is 0 Å². The molecule has 1 atom stereocenters. The van der Waals surface area contributed by atoms with Crippen molar-refractivity contribution in [3.05, 3.63) is 0 Å². The van der Waals surface area contributed by atoms with Crippen molar-refractivity contribution in [2.24, 2.45) is 0 Å². The molecule has 0 bridgehead atoms. The average molecular weight is 129 g/mol. The molecule has 0 radical (unpaired) electrons. The minimum absolute atomic E-state index is 0.545. The molecule has 0 heterocycles. The van der Waals surface area contributed by atoms with E-state index in [-0.39, 0.29) is 0 Å². The molecule has 0 amide bonds. The SMILES string of the molecule is COC(=O)C(C)OC#N. The summed E-state index contributed by atoms with van der Waals surface area (Å²) in [6.45, 7) is 1.44. The maximum atomic E-state index is 10.4. The molecule has 1 unspecified atom stereocenters. The molecule has 0 aromatic heterocycles. The first kappa shape index (κ1) is 7.76. The van der Waals surface area contributed by atoms with E-state index in [1.165, 1.54) is 20.3 Å². The predicted octanol–water partition coefficient (Wildman–Crippen LogP) is 0.0456. The Kier molecular flexibility index (Phi) is 3.21. The van der Waals surface area contributed by atoms with Gasteiger partial charge >= 0.3 is 5.97 Å². The Morgan fingerprint density at radius 1 is 1.78 bits per heavy atom. The summed E-state index contributed by atoms with van der Waals surface area (Å²) in [7, 11) is 1.24. The Morgan fingerprint density at radius 2 is 2.33 bits per heavy atom. The first-order chi connectivity index (χ1) is 4.22. The molecular weight excluding hydrogens is 122 g/mol. The Balaban J connectivity index is 3.62. The summed E-state index contributed by atoms with van der Waals surface area (Å²) in [5.41, 5.74) is 0. The number of carbonyl (C=O) groups is 1. The summed E-state index contributed by atoms with van der Waals surface area (Å²) in [4.78, 5) is 10.4. The minimum Gasteiger partial charge on any atom is -0.466 e. The van der Waals surface area contributed by atoms with Crippen molar-refractivity contribution in [3.63, 3.8) is 0 Å². The second-order valence-electron chi connectivity index (χ2n) is 1.37. The van der Waals surface area contributed by atoms with E-state index >= 15 is 0 Å². The molecular formula is C5H7NO3. The number of nitrogens with zero attached hydrogens (tertiary/aromatic N) is 1. The van der Waals surface area contributed by atoms with Crippen molar-refractivity contribution < 1.29 is 14.3 Å². The van der Waals surface area contributed by atoms with E-state index in [2.05, 4.69) is 9.47 Å². The van der Waals surface area contributed by atoms with E-state index < -0.39 is 12.1 Å². The number of methoxy groups -OCH3 is 1. The lowest BCUT2D eigenvalue weighted by Crippen LogP contribution is -2.19. The molecule has 0 aliphatic rings. The lowest BCUT2D eigenvalue weighted by Gasteiger charge is -2.02. The number of carbonyl (C=O) groups excluding carboxylic acids is 1. The van der Waals surface area contributed by atoms with Gasteiger partial charge in [0.05, 0.1) is 7.11 Å². The molecule has 50 valence electrons. The first-order valence-electron chi connectivity index (χ1n) is 2.35. The van der Waals surface area contributed by atoms with Gasteiger partial charge in [-0.2, -0.15) is 5.26 Å². The zero-order valence-corrected chi connectivity index (χ0v) is 5.25. The third-order valence-corrected chi connectivity index (χ3v) is 0.763. The van der Waals surface area contributed by atoms with Crippen molar-refractivity contribution >= 4 is 5.97 Å². The molecule has 4 nitrogen and oxygen atoms in total. The van der Waals surface area contributed by atoms with Gasteiger partial charge < -0.3 is 9.47 Å². The molecule has 0 saturated carbocycles. The van der Waals surface area contributed by atoms with Gasteiger partial charge in [-0.25, -0.2) is 4.79 Å². The van der Waals surface area contributed by atoms with Gasteiger partial charge in [0.25, 0.3) is 6.26 Å². The van der Waals surface area contributed by atoms with Crippen LogP contribution in [0.15, 0.2) is 0 Å². The normalized spacial score (nSPS) is 11.2. The second-order valence-corrected chi connectivity index (χ2v) is 1.37. The van der Waals surface area contributed by atoms with Gasteiger partial charge in [-0.1, -0.05) is 0 Å². The fourth-order valence-corrected chi connectivity index (χ4v) is 0.293. The van der Waals surface area contributed by atoms with Crippen LogP contribution >= 0.6 is 0 Å². The molecule has 4 heteroatoms. The maximum Gasteiger partial charge on any atom is 0.347 e. The second kappa shape index (κ2) is 3.72. The molecule has 0 spiro atoms. The lowest BCUT2D eigenvalue weighted by molar-refractivity contribution is -0.149. The maximum absolute atomic E-state index is 10.4. The van der Waals surface area contributed by atoms with Crippen LogP contribution in [0.4, 0.5) is 0 Å². The molecule has 0 aromatic carbocycles. The summed E-state index contributed by atoms with van der Waals surface area (Å²) in [5.74, 6) is -0.545. The zero-order chi connectivity index (χ0) is 7.28. The Bertz CT molecular complexity index is 138. The Labute approximate surface area is 53.0 Å². The summed E-state index contributed by atoms with van der Waals surface area (Å²) in [6, 6.07) is 0. The monoisotopic (exact) mass is 129 g/mol. The van der Waals surface area contributed by atoms with Crippen molar-refractivity contribution in [1.82, 2.24) is 0 Å². The molecule has 0 aromatic rings. The molecule has 0 saturated heterocycles. The molecule has 0 fully saturated rings. The fourth-order valence-electron chi connectivity index (χ4n) is 0.293. The van der Waals surface area contributed by atoms with E-state index in [0.29, 0.717) is 0 Å². The van der Waals surface area contributed by atoms with E-state index in [9.17, 15) is 4.79 Å². The number of hydrogen-bond acceptors (Lipinski definition) is 4. The van der Waals surface area contributed by atoms with Crippen molar-refractivity contribution in [3.8, 4) is 6.26 Å². The number of rotatable bonds is 2. The highest BCUT2D eigenvalue weighted by Crippen LogP contribution is 1.90. The van der Waals surface area contributed by atoms with Crippen molar-refractivity contribution in [2.45, 2.75) is 13.0 Å². The van der Waals surface area contributed by atoms with Crippen molar-refractivity contribution in [2.75, 3.05) is 7.11 Å².